The summed E-state index contributed by atoms with van der Waals surface area (Å²) >= 11 is 0. The maximum atomic E-state index is 15.5. The van der Waals surface area contributed by atoms with Gasteiger partial charge in [0, 0.05) is 5.56 Å². The monoisotopic (exact) mass is 310 g/mol. The van der Waals surface area contributed by atoms with Crippen LogP contribution in [0.3, 0.4) is 0 Å². The van der Waals surface area contributed by atoms with Crippen LogP contribution in [0.15, 0.2) is 66.3 Å². The van der Waals surface area contributed by atoms with Gasteiger partial charge in [-0.2, -0.15) is 8.78 Å². The molecule has 22 heavy (non-hydrogen) atoms. The first-order valence-electron chi connectivity index (χ1n) is 6.17. The lowest BCUT2D eigenvalue weighted by atomic mass is 9.81. The number of carbonyl (C=O) groups is 1. The molecule has 0 bridgehead atoms. The smallest absolute Gasteiger partial charge is 0.341 e. The SMILES string of the molecule is O=C(O)C(=C(F)F)C(F)(c1ccccc1)c1ccccc1F. The number of benzene rings is 2. The molecule has 0 aromatic heterocycles. The van der Waals surface area contributed by atoms with Gasteiger partial charge in [0.15, 0.2) is 0 Å². The number of alkyl halides is 1. The van der Waals surface area contributed by atoms with E-state index in [0.717, 1.165) is 24.3 Å². The van der Waals surface area contributed by atoms with Crippen molar-refractivity contribution >= 4 is 5.97 Å². The average Bonchev–Trinajstić information content (AvgIpc) is 2.47. The fourth-order valence-electron chi connectivity index (χ4n) is 2.20. The predicted molar refractivity (Wildman–Crippen MR) is 71.6 cm³/mol. The molecule has 0 aliphatic rings. The Kier molecular flexibility index (Phi) is 4.30. The highest BCUT2D eigenvalue weighted by atomic mass is 19.3. The normalized spacial score (nSPS) is 13.3. The van der Waals surface area contributed by atoms with Crippen LogP contribution in [0.5, 0.6) is 0 Å². The van der Waals surface area contributed by atoms with Crippen LogP contribution in [0.2, 0.25) is 0 Å². The van der Waals surface area contributed by atoms with Crippen LogP contribution in [-0.2, 0) is 10.5 Å². The molecule has 2 aromatic rings. The van der Waals surface area contributed by atoms with Gasteiger partial charge in [-0.25, -0.2) is 13.6 Å². The van der Waals surface area contributed by atoms with Crippen molar-refractivity contribution in [2.45, 2.75) is 5.67 Å². The molecule has 2 nitrogen and oxygen atoms in total. The Labute approximate surface area is 123 Å². The Morgan fingerprint density at radius 2 is 1.50 bits per heavy atom. The topological polar surface area (TPSA) is 37.3 Å². The summed E-state index contributed by atoms with van der Waals surface area (Å²) in [6.45, 7) is 0. The van der Waals surface area contributed by atoms with E-state index in [-0.39, 0.29) is 0 Å². The first-order valence-corrected chi connectivity index (χ1v) is 6.17. The Hall–Kier alpha value is -2.63. The second-order valence-corrected chi connectivity index (χ2v) is 4.44. The Balaban J connectivity index is 2.85. The van der Waals surface area contributed by atoms with Crippen LogP contribution in [0, 0.1) is 5.82 Å². The van der Waals surface area contributed by atoms with Crippen molar-refractivity contribution < 1.29 is 27.5 Å². The van der Waals surface area contributed by atoms with Crippen LogP contribution in [0.1, 0.15) is 11.1 Å². The number of carboxylic acids is 1. The molecule has 0 fully saturated rings. The molecule has 114 valence electrons. The van der Waals surface area contributed by atoms with E-state index in [1.54, 1.807) is 0 Å². The van der Waals surface area contributed by atoms with Crippen LogP contribution in [-0.4, -0.2) is 11.1 Å². The second kappa shape index (κ2) is 6.01. The van der Waals surface area contributed by atoms with E-state index in [2.05, 4.69) is 0 Å². The molecule has 0 aliphatic heterocycles. The third-order valence-corrected chi connectivity index (χ3v) is 3.16. The number of hydrogen-bond acceptors (Lipinski definition) is 1. The molecule has 6 heteroatoms. The minimum absolute atomic E-state index is 0.398. The molecule has 0 heterocycles. The lowest BCUT2D eigenvalue weighted by Crippen LogP contribution is -2.31. The summed E-state index contributed by atoms with van der Waals surface area (Å²) in [6, 6.07) is 10.8. The zero-order chi connectivity index (χ0) is 16.3. The molecule has 1 unspecified atom stereocenters. The summed E-state index contributed by atoms with van der Waals surface area (Å²) in [4.78, 5) is 11.1. The molecule has 0 saturated heterocycles. The first-order chi connectivity index (χ1) is 10.4. The van der Waals surface area contributed by atoms with Gasteiger partial charge in [0.05, 0.1) is 0 Å². The van der Waals surface area contributed by atoms with E-state index in [0.29, 0.717) is 0 Å². The van der Waals surface area contributed by atoms with Crippen molar-refractivity contribution in [3.8, 4) is 0 Å². The highest BCUT2D eigenvalue weighted by Gasteiger charge is 2.47. The Morgan fingerprint density at radius 1 is 0.955 bits per heavy atom. The second-order valence-electron chi connectivity index (χ2n) is 4.44. The number of aliphatic carboxylic acids is 1. The van der Waals surface area contributed by atoms with Gasteiger partial charge in [-0.1, -0.05) is 48.5 Å². The Bertz CT molecular complexity index is 724. The van der Waals surface area contributed by atoms with Crippen molar-refractivity contribution in [1.29, 1.82) is 0 Å². The molecule has 0 amide bonds. The average molecular weight is 310 g/mol. The molecule has 1 atom stereocenters. The first kappa shape index (κ1) is 15.8. The number of carboxylic acid groups (broad SMARTS) is 1. The van der Waals surface area contributed by atoms with Crippen LogP contribution in [0.4, 0.5) is 17.6 Å². The summed E-state index contributed by atoms with van der Waals surface area (Å²) in [6.07, 6.45) is -2.72. The fourth-order valence-corrected chi connectivity index (χ4v) is 2.20. The van der Waals surface area contributed by atoms with E-state index >= 15 is 4.39 Å². The van der Waals surface area contributed by atoms with Crippen molar-refractivity contribution in [2.75, 3.05) is 0 Å². The van der Waals surface area contributed by atoms with Crippen LogP contribution < -0.4 is 0 Å². The third kappa shape index (κ3) is 2.59. The molecular weight excluding hydrogens is 300 g/mol. The zero-order valence-electron chi connectivity index (χ0n) is 11.1. The van der Waals surface area contributed by atoms with Gasteiger partial charge in [0.1, 0.15) is 11.4 Å². The minimum atomic E-state index is -3.31. The largest absolute Gasteiger partial charge is 0.478 e. The van der Waals surface area contributed by atoms with Gasteiger partial charge in [-0.05, 0) is 11.6 Å². The van der Waals surface area contributed by atoms with Crippen molar-refractivity contribution in [3.63, 3.8) is 0 Å². The lowest BCUT2D eigenvalue weighted by molar-refractivity contribution is -0.134. The number of halogens is 4. The molecule has 0 aliphatic carbocycles. The van der Waals surface area contributed by atoms with Crippen molar-refractivity contribution in [1.82, 2.24) is 0 Å². The summed E-state index contributed by atoms with van der Waals surface area (Å²) in [7, 11) is 0. The summed E-state index contributed by atoms with van der Waals surface area (Å²) in [5, 5.41) is 8.99. The van der Waals surface area contributed by atoms with Crippen molar-refractivity contribution in [3.05, 3.63) is 83.2 Å². The fraction of sp³-hybridized carbons (Fsp3) is 0.0625. The molecule has 1 N–H and O–H groups in total. The molecular formula is C16H10F4O2. The molecule has 0 saturated carbocycles. The Morgan fingerprint density at radius 3 is 2.00 bits per heavy atom. The molecule has 0 spiro atoms. The quantitative estimate of drug-likeness (QED) is 0.676. The molecule has 2 rings (SSSR count). The third-order valence-electron chi connectivity index (χ3n) is 3.16. The lowest BCUT2D eigenvalue weighted by Gasteiger charge is -2.26. The zero-order valence-corrected chi connectivity index (χ0v) is 11.1. The van der Waals surface area contributed by atoms with Gasteiger partial charge in [0.25, 0.3) is 6.08 Å². The van der Waals surface area contributed by atoms with Gasteiger partial charge in [-0.15, -0.1) is 0 Å². The molecule has 0 radical (unpaired) electrons. The van der Waals surface area contributed by atoms with E-state index in [1.807, 2.05) is 0 Å². The number of rotatable bonds is 4. The van der Waals surface area contributed by atoms with E-state index in [1.165, 1.54) is 30.3 Å². The predicted octanol–water partition coefficient (Wildman–Crippen LogP) is 4.27. The standard InChI is InChI=1S/C16H10F4O2/c17-12-9-5-4-8-11(12)16(20,10-6-2-1-3-7-10)13(14(18)19)15(21)22/h1-9H,(H,21,22). The highest BCUT2D eigenvalue weighted by molar-refractivity contribution is 5.91. The summed E-state index contributed by atoms with van der Waals surface area (Å²) in [5.41, 5.74) is -6.29. The van der Waals surface area contributed by atoms with Crippen molar-refractivity contribution in [2.24, 2.45) is 0 Å². The summed E-state index contributed by atoms with van der Waals surface area (Å²) < 4.78 is 55.7. The van der Waals surface area contributed by atoms with E-state index in [4.69, 9.17) is 5.11 Å². The van der Waals surface area contributed by atoms with E-state index in [9.17, 15) is 18.0 Å². The van der Waals surface area contributed by atoms with E-state index < -0.39 is 40.2 Å². The highest BCUT2D eigenvalue weighted by Crippen LogP contribution is 2.43. The maximum absolute atomic E-state index is 15.5. The van der Waals surface area contributed by atoms with Gasteiger partial charge < -0.3 is 5.11 Å². The van der Waals surface area contributed by atoms with Gasteiger partial charge in [-0.3, -0.25) is 0 Å². The number of hydrogen-bond donors (Lipinski definition) is 1. The van der Waals surface area contributed by atoms with Gasteiger partial charge >= 0.3 is 5.97 Å². The van der Waals surface area contributed by atoms with Gasteiger partial charge in [0.2, 0.25) is 5.67 Å². The molecule has 2 aromatic carbocycles. The maximum Gasteiger partial charge on any atom is 0.341 e. The van der Waals surface area contributed by atoms with Crippen LogP contribution in [0.25, 0.3) is 0 Å². The minimum Gasteiger partial charge on any atom is -0.478 e. The summed E-state index contributed by atoms with van der Waals surface area (Å²) in [5.74, 6) is -3.27. The van der Waals surface area contributed by atoms with Crippen LogP contribution >= 0.6 is 0 Å².